The molecule has 2 aromatic carbocycles. The number of benzene rings is 2. The number of fused-ring (bicyclic) bond motifs is 3. The molecule has 0 heterocycles. The average Bonchev–Trinajstić information content (AvgIpc) is 2.99. The third-order valence-electron chi connectivity index (χ3n) is 5.41. The molecule has 0 saturated heterocycles. The molecule has 0 amide bonds. The van der Waals surface area contributed by atoms with Crippen LogP contribution in [0.15, 0.2) is 42.5 Å². The van der Waals surface area contributed by atoms with Crippen molar-refractivity contribution in [2.24, 2.45) is 5.73 Å². The standard InChI is InChI=1S/C23H31N/c1-2-3-4-5-6-7-8-16-23(24)21-15-11-14-20-19-13-10-9-12-18(19)17-22(20)21/h9-15,23H,2-8,16-17,24H2,1H3. The summed E-state index contributed by atoms with van der Waals surface area (Å²) in [5.41, 5.74) is 13.7. The maximum absolute atomic E-state index is 6.57. The fourth-order valence-corrected chi connectivity index (χ4v) is 4.01. The zero-order valence-corrected chi connectivity index (χ0v) is 15.1. The lowest BCUT2D eigenvalue weighted by molar-refractivity contribution is 0.540. The van der Waals surface area contributed by atoms with E-state index in [4.69, 9.17) is 5.73 Å². The van der Waals surface area contributed by atoms with Crippen molar-refractivity contribution in [3.05, 3.63) is 59.2 Å². The SMILES string of the molecule is CCCCCCCCCC(N)c1cccc2c1Cc1ccccc1-2. The molecule has 0 spiro atoms. The molecule has 0 bridgehead atoms. The van der Waals surface area contributed by atoms with Gasteiger partial charge in [0.1, 0.15) is 0 Å². The van der Waals surface area contributed by atoms with Gasteiger partial charge in [-0.25, -0.2) is 0 Å². The molecule has 128 valence electrons. The van der Waals surface area contributed by atoms with E-state index in [2.05, 4.69) is 49.4 Å². The molecule has 1 nitrogen and oxygen atoms in total. The highest BCUT2D eigenvalue weighted by Crippen LogP contribution is 2.40. The first-order valence-electron chi connectivity index (χ1n) is 9.77. The van der Waals surface area contributed by atoms with Gasteiger partial charge < -0.3 is 5.73 Å². The van der Waals surface area contributed by atoms with Gasteiger partial charge in [0.15, 0.2) is 0 Å². The number of rotatable bonds is 9. The molecule has 0 aliphatic heterocycles. The van der Waals surface area contributed by atoms with Gasteiger partial charge in [-0.1, -0.05) is 94.3 Å². The van der Waals surface area contributed by atoms with Crippen LogP contribution in [0.25, 0.3) is 11.1 Å². The Balaban J connectivity index is 1.56. The number of nitrogens with two attached hydrogens (primary N) is 1. The van der Waals surface area contributed by atoms with E-state index in [1.165, 1.54) is 72.8 Å². The number of hydrogen-bond acceptors (Lipinski definition) is 1. The Bertz CT molecular complexity index is 659. The molecule has 1 heteroatoms. The first-order chi connectivity index (χ1) is 11.8. The molecule has 24 heavy (non-hydrogen) atoms. The lowest BCUT2D eigenvalue weighted by Gasteiger charge is -2.16. The summed E-state index contributed by atoms with van der Waals surface area (Å²) in [6.07, 6.45) is 11.6. The Labute approximate surface area is 147 Å². The van der Waals surface area contributed by atoms with Crippen LogP contribution in [0.4, 0.5) is 0 Å². The van der Waals surface area contributed by atoms with Crippen molar-refractivity contribution in [2.75, 3.05) is 0 Å². The van der Waals surface area contributed by atoms with Crippen LogP contribution in [0.5, 0.6) is 0 Å². The molecule has 0 saturated carbocycles. The van der Waals surface area contributed by atoms with Crippen LogP contribution >= 0.6 is 0 Å². The van der Waals surface area contributed by atoms with E-state index in [9.17, 15) is 0 Å². The van der Waals surface area contributed by atoms with E-state index in [-0.39, 0.29) is 6.04 Å². The van der Waals surface area contributed by atoms with Crippen molar-refractivity contribution < 1.29 is 0 Å². The highest BCUT2D eigenvalue weighted by Gasteiger charge is 2.22. The van der Waals surface area contributed by atoms with Gasteiger partial charge in [0.2, 0.25) is 0 Å². The fourth-order valence-electron chi connectivity index (χ4n) is 4.01. The maximum atomic E-state index is 6.57. The van der Waals surface area contributed by atoms with Gasteiger partial charge in [-0.2, -0.15) is 0 Å². The average molecular weight is 322 g/mol. The first kappa shape index (κ1) is 17.2. The minimum Gasteiger partial charge on any atom is -0.324 e. The second-order valence-corrected chi connectivity index (χ2v) is 7.22. The van der Waals surface area contributed by atoms with Crippen molar-refractivity contribution in [1.82, 2.24) is 0 Å². The van der Waals surface area contributed by atoms with E-state index >= 15 is 0 Å². The van der Waals surface area contributed by atoms with E-state index < -0.39 is 0 Å². The topological polar surface area (TPSA) is 26.0 Å². The summed E-state index contributed by atoms with van der Waals surface area (Å²) in [5.74, 6) is 0. The van der Waals surface area contributed by atoms with Crippen LogP contribution < -0.4 is 5.73 Å². The summed E-state index contributed by atoms with van der Waals surface area (Å²) in [6, 6.07) is 15.6. The predicted octanol–water partition coefficient (Wildman–Crippen LogP) is 6.40. The zero-order valence-electron chi connectivity index (χ0n) is 15.1. The van der Waals surface area contributed by atoms with Gasteiger partial charge >= 0.3 is 0 Å². The molecule has 0 fully saturated rings. The van der Waals surface area contributed by atoms with Gasteiger partial charge in [-0.3, -0.25) is 0 Å². The highest BCUT2D eigenvalue weighted by molar-refractivity contribution is 5.78. The van der Waals surface area contributed by atoms with E-state index in [1.807, 2.05) is 0 Å². The van der Waals surface area contributed by atoms with Crippen molar-refractivity contribution >= 4 is 0 Å². The lowest BCUT2D eigenvalue weighted by atomic mass is 9.93. The smallest absolute Gasteiger partial charge is 0.0297 e. The van der Waals surface area contributed by atoms with Gasteiger partial charge in [0.05, 0.1) is 0 Å². The molecule has 1 unspecified atom stereocenters. The van der Waals surface area contributed by atoms with Crippen molar-refractivity contribution in [3.8, 4) is 11.1 Å². The number of hydrogen-bond donors (Lipinski definition) is 1. The van der Waals surface area contributed by atoms with Gasteiger partial charge in [-0.15, -0.1) is 0 Å². The van der Waals surface area contributed by atoms with Crippen molar-refractivity contribution in [2.45, 2.75) is 70.8 Å². The molecule has 1 aliphatic rings. The molecular formula is C23H31N. The monoisotopic (exact) mass is 321 g/mol. The van der Waals surface area contributed by atoms with Crippen molar-refractivity contribution in [3.63, 3.8) is 0 Å². The lowest BCUT2D eigenvalue weighted by Crippen LogP contribution is -2.12. The summed E-state index contributed by atoms with van der Waals surface area (Å²) in [4.78, 5) is 0. The largest absolute Gasteiger partial charge is 0.324 e. The minimum absolute atomic E-state index is 0.185. The van der Waals surface area contributed by atoms with Gasteiger partial charge in [0.25, 0.3) is 0 Å². The molecule has 0 aromatic heterocycles. The Morgan fingerprint density at radius 2 is 1.54 bits per heavy atom. The fraction of sp³-hybridized carbons (Fsp3) is 0.478. The predicted molar refractivity (Wildman–Crippen MR) is 104 cm³/mol. The normalized spacial score (nSPS) is 13.6. The zero-order chi connectivity index (χ0) is 16.8. The first-order valence-corrected chi connectivity index (χ1v) is 9.77. The quantitative estimate of drug-likeness (QED) is 0.453. The Morgan fingerprint density at radius 1 is 0.833 bits per heavy atom. The third-order valence-corrected chi connectivity index (χ3v) is 5.41. The van der Waals surface area contributed by atoms with Gasteiger partial charge in [-0.05, 0) is 40.7 Å². The second kappa shape index (κ2) is 8.48. The highest BCUT2D eigenvalue weighted by atomic mass is 14.6. The second-order valence-electron chi connectivity index (χ2n) is 7.22. The minimum atomic E-state index is 0.185. The molecule has 2 aromatic rings. The molecular weight excluding hydrogens is 290 g/mol. The molecule has 3 rings (SSSR count). The van der Waals surface area contributed by atoms with Crippen LogP contribution in [0.2, 0.25) is 0 Å². The molecule has 1 aliphatic carbocycles. The summed E-state index contributed by atoms with van der Waals surface area (Å²) >= 11 is 0. The maximum Gasteiger partial charge on any atom is 0.0297 e. The molecule has 0 radical (unpaired) electrons. The van der Waals surface area contributed by atoms with Crippen LogP contribution in [-0.2, 0) is 6.42 Å². The van der Waals surface area contributed by atoms with Crippen LogP contribution in [0.1, 0.15) is 81.0 Å². The van der Waals surface area contributed by atoms with Gasteiger partial charge in [0, 0.05) is 6.04 Å². The van der Waals surface area contributed by atoms with E-state index in [0.29, 0.717) is 0 Å². The summed E-state index contributed by atoms with van der Waals surface area (Å²) in [6.45, 7) is 2.27. The number of unbranched alkanes of at least 4 members (excludes halogenated alkanes) is 6. The van der Waals surface area contributed by atoms with E-state index in [0.717, 1.165) is 12.8 Å². The Hall–Kier alpha value is -1.60. The molecule has 2 N–H and O–H groups in total. The summed E-state index contributed by atoms with van der Waals surface area (Å²) in [5, 5.41) is 0. The van der Waals surface area contributed by atoms with E-state index in [1.54, 1.807) is 0 Å². The van der Waals surface area contributed by atoms with Crippen molar-refractivity contribution in [1.29, 1.82) is 0 Å². The van der Waals surface area contributed by atoms with Crippen LogP contribution in [0.3, 0.4) is 0 Å². The molecule has 1 atom stereocenters. The Kier molecular flexibility index (Phi) is 6.09. The third kappa shape index (κ3) is 3.89. The van der Waals surface area contributed by atoms with Crippen LogP contribution in [-0.4, -0.2) is 0 Å². The van der Waals surface area contributed by atoms with Crippen LogP contribution in [0, 0.1) is 0 Å². The Morgan fingerprint density at radius 3 is 2.38 bits per heavy atom. The summed E-state index contributed by atoms with van der Waals surface area (Å²) in [7, 11) is 0. The summed E-state index contributed by atoms with van der Waals surface area (Å²) < 4.78 is 0.